The number of nitrogens with zero attached hydrogens (tertiary/aromatic N) is 2. The van der Waals surface area contributed by atoms with E-state index in [4.69, 9.17) is 14.2 Å². The summed E-state index contributed by atoms with van der Waals surface area (Å²) < 4.78 is 16.5. The summed E-state index contributed by atoms with van der Waals surface area (Å²) in [5.74, 6) is 1.71. The monoisotopic (exact) mass is 565 g/mol. The minimum atomic E-state index is -0.167. The summed E-state index contributed by atoms with van der Waals surface area (Å²) >= 11 is 0. The number of amides is 2. The number of carbonyl (C=O) groups excluding carboxylic acids is 2. The molecule has 2 amide bonds. The van der Waals surface area contributed by atoms with Crippen LogP contribution >= 0.6 is 0 Å². The Labute approximate surface area is 245 Å². The molecule has 8 heteroatoms. The van der Waals surface area contributed by atoms with Gasteiger partial charge in [-0.15, -0.1) is 0 Å². The van der Waals surface area contributed by atoms with Crippen LogP contribution in [0.5, 0.6) is 11.5 Å². The topological polar surface area (TPSA) is 80.3 Å². The summed E-state index contributed by atoms with van der Waals surface area (Å²) in [5, 5.41) is 3.54. The number of carbonyl (C=O) groups is 2. The number of nitrogens with one attached hydrogen (secondary N) is 1. The summed E-state index contributed by atoms with van der Waals surface area (Å²) in [6.07, 6.45) is 2.89. The highest BCUT2D eigenvalue weighted by Gasteiger charge is 2.39. The van der Waals surface area contributed by atoms with E-state index < -0.39 is 0 Å². The van der Waals surface area contributed by atoms with Gasteiger partial charge in [-0.05, 0) is 69.2 Å². The summed E-state index contributed by atoms with van der Waals surface area (Å²) in [6.45, 7) is 10.2. The first-order valence-corrected chi connectivity index (χ1v) is 15.0. The van der Waals surface area contributed by atoms with Gasteiger partial charge in [0.1, 0.15) is 0 Å². The number of methoxy groups -OCH3 is 2. The average Bonchev–Trinajstić information content (AvgIpc) is 3.74. The van der Waals surface area contributed by atoms with Crippen LogP contribution < -0.4 is 14.8 Å². The molecule has 1 aliphatic carbocycles. The van der Waals surface area contributed by atoms with Gasteiger partial charge in [-0.1, -0.05) is 30.3 Å². The molecule has 2 aromatic rings. The standard InChI is InChI=1S/C33H47N3O5/c1-23(2)35(33(38)26-12-15-30(40-5)31(18-26)41-17-9-16-39-4)21-27-19-34-20-28(27)22-36(29-13-14-29)32(37)24(3)25-10-7-6-8-11-25/h6-8,10-12,15,18,23-24,27-29,34H,9,13-14,16-17,19-22H2,1-5H3/t24-,27?,28?/m0/s1. The lowest BCUT2D eigenvalue weighted by Crippen LogP contribution is -2.45. The van der Waals surface area contributed by atoms with Crippen molar-refractivity contribution in [1.29, 1.82) is 0 Å². The van der Waals surface area contributed by atoms with Gasteiger partial charge in [0.05, 0.1) is 19.6 Å². The molecular weight excluding hydrogens is 518 g/mol. The molecule has 41 heavy (non-hydrogen) atoms. The second-order valence-corrected chi connectivity index (χ2v) is 11.6. The second kappa shape index (κ2) is 14.7. The van der Waals surface area contributed by atoms with E-state index in [2.05, 4.69) is 24.1 Å². The van der Waals surface area contributed by atoms with Gasteiger partial charge in [0.25, 0.3) is 5.91 Å². The van der Waals surface area contributed by atoms with Crippen molar-refractivity contribution in [3.63, 3.8) is 0 Å². The number of hydrogen-bond acceptors (Lipinski definition) is 6. The van der Waals surface area contributed by atoms with Crippen LogP contribution in [0, 0.1) is 11.8 Å². The molecule has 8 nitrogen and oxygen atoms in total. The van der Waals surface area contributed by atoms with Crippen LogP contribution in [0.15, 0.2) is 48.5 Å². The van der Waals surface area contributed by atoms with Crippen LogP contribution in [-0.2, 0) is 9.53 Å². The summed E-state index contributed by atoms with van der Waals surface area (Å²) in [6, 6.07) is 15.8. The van der Waals surface area contributed by atoms with Crippen LogP contribution in [-0.4, -0.2) is 87.3 Å². The zero-order valence-corrected chi connectivity index (χ0v) is 25.3. The molecule has 2 fully saturated rings. The Morgan fingerprint density at radius 2 is 1.63 bits per heavy atom. The van der Waals surface area contributed by atoms with Gasteiger partial charge < -0.3 is 29.3 Å². The molecule has 4 rings (SSSR count). The molecule has 1 saturated carbocycles. The first kappa shape index (κ1) is 30.8. The highest BCUT2D eigenvalue weighted by Crippen LogP contribution is 2.34. The molecule has 224 valence electrons. The molecular formula is C33H47N3O5. The number of ether oxygens (including phenoxy) is 3. The van der Waals surface area contributed by atoms with Gasteiger partial charge in [0.15, 0.2) is 11.5 Å². The predicted molar refractivity (Wildman–Crippen MR) is 161 cm³/mol. The van der Waals surface area contributed by atoms with Gasteiger partial charge >= 0.3 is 0 Å². The fourth-order valence-electron chi connectivity index (χ4n) is 5.66. The molecule has 3 atom stereocenters. The van der Waals surface area contributed by atoms with Crippen LogP contribution in [0.25, 0.3) is 0 Å². The highest BCUT2D eigenvalue weighted by atomic mass is 16.5. The van der Waals surface area contributed by atoms with Crippen molar-refractivity contribution in [3.05, 3.63) is 59.7 Å². The molecule has 1 saturated heterocycles. The number of rotatable bonds is 15. The first-order valence-electron chi connectivity index (χ1n) is 15.0. The Balaban J connectivity index is 1.45. The van der Waals surface area contributed by atoms with Crippen molar-refractivity contribution in [2.45, 2.75) is 58.0 Å². The van der Waals surface area contributed by atoms with Crippen molar-refractivity contribution < 1.29 is 23.8 Å². The molecule has 1 N–H and O–H groups in total. The van der Waals surface area contributed by atoms with Gasteiger partial charge in [-0.25, -0.2) is 0 Å². The quantitative estimate of drug-likeness (QED) is 0.318. The minimum absolute atomic E-state index is 0.0243. The fraction of sp³-hybridized carbons (Fsp3) is 0.576. The van der Waals surface area contributed by atoms with Gasteiger partial charge in [0.2, 0.25) is 5.91 Å². The van der Waals surface area contributed by atoms with Crippen molar-refractivity contribution in [2.24, 2.45) is 11.8 Å². The molecule has 1 aliphatic heterocycles. The van der Waals surface area contributed by atoms with Crippen LogP contribution in [0.1, 0.15) is 61.9 Å². The highest BCUT2D eigenvalue weighted by molar-refractivity contribution is 5.95. The molecule has 1 heterocycles. The second-order valence-electron chi connectivity index (χ2n) is 11.6. The van der Waals surface area contributed by atoms with E-state index in [-0.39, 0.29) is 35.6 Å². The van der Waals surface area contributed by atoms with Crippen LogP contribution in [0.3, 0.4) is 0 Å². The third-order valence-corrected chi connectivity index (χ3v) is 8.33. The van der Waals surface area contributed by atoms with E-state index in [0.717, 1.165) is 44.5 Å². The van der Waals surface area contributed by atoms with E-state index in [1.165, 1.54) is 0 Å². The fourth-order valence-corrected chi connectivity index (χ4v) is 5.66. The lowest BCUT2D eigenvalue weighted by atomic mass is 9.92. The smallest absolute Gasteiger partial charge is 0.254 e. The zero-order valence-electron chi connectivity index (χ0n) is 25.3. The lowest BCUT2D eigenvalue weighted by Gasteiger charge is -2.34. The van der Waals surface area contributed by atoms with Crippen LogP contribution in [0.4, 0.5) is 0 Å². The minimum Gasteiger partial charge on any atom is -0.493 e. The maximum atomic E-state index is 13.8. The molecule has 2 aliphatic rings. The normalized spacial score (nSPS) is 19.2. The maximum absolute atomic E-state index is 13.8. The third kappa shape index (κ3) is 8.01. The molecule has 2 unspecified atom stereocenters. The Hall–Kier alpha value is -3.10. The van der Waals surface area contributed by atoms with E-state index in [1.54, 1.807) is 32.4 Å². The Morgan fingerprint density at radius 1 is 0.927 bits per heavy atom. The molecule has 0 spiro atoms. The maximum Gasteiger partial charge on any atom is 0.254 e. The van der Waals surface area contributed by atoms with Crippen molar-refractivity contribution in [3.8, 4) is 11.5 Å². The van der Waals surface area contributed by atoms with Crippen molar-refractivity contribution in [2.75, 3.05) is 53.6 Å². The van der Waals surface area contributed by atoms with Gasteiger partial charge in [-0.2, -0.15) is 0 Å². The Bertz CT molecular complexity index is 1140. The van der Waals surface area contributed by atoms with Gasteiger partial charge in [0, 0.05) is 64.0 Å². The van der Waals surface area contributed by atoms with E-state index in [9.17, 15) is 9.59 Å². The number of benzene rings is 2. The SMILES string of the molecule is COCCCOc1cc(C(=O)N(CC2CNCC2CN(C(=O)[C@@H](C)c2ccccc2)C2CC2)C(C)C)ccc1OC. The number of hydrogen-bond donors (Lipinski definition) is 1. The lowest BCUT2D eigenvalue weighted by molar-refractivity contribution is -0.133. The summed E-state index contributed by atoms with van der Waals surface area (Å²) in [7, 11) is 3.26. The van der Waals surface area contributed by atoms with Crippen molar-refractivity contribution in [1.82, 2.24) is 15.1 Å². The average molecular weight is 566 g/mol. The molecule has 0 bridgehead atoms. The van der Waals surface area contributed by atoms with Crippen molar-refractivity contribution >= 4 is 11.8 Å². The third-order valence-electron chi connectivity index (χ3n) is 8.33. The van der Waals surface area contributed by atoms with E-state index in [1.807, 2.05) is 42.2 Å². The molecule has 0 aromatic heterocycles. The largest absolute Gasteiger partial charge is 0.493 e. The van der Waals surface area contributed by atoms with Gasteiger partial charge in [-0.3, -0.25) is 9.59 Å². The molecule has 2 aromatic carbocycles. The molecule has 0 radical (unpaired) electrons. The summed E-state index contributed by atoms with van der Waals surface area (Å²) in [4.78, 5) is 31.6. The van der Waals surface area contributed by atoms with E-state index in [0.29, 0.717) is 42.9 Å². The Morgan fingerprint density at radius 3 is 2.27 bits per heavy atom. The Kier molecular flexibility index (Phi) is 11.1. The summed E-state index contributed by atoms with van der Waals surface area (Å²) in [5.41, 5.74) is 1.64. The zero-order chi connectivity index (χ0) is 29.4. The van der Waals surface area contributed by atoms with Crippen LogP contribution in [0.2, 0.25) is 0 Å². The van der Waals surface area contributed by atoms with E-state index >= 15 is 0 Å². The first-order chi connectivity index (χ1) is 19.8. The predicted octanol–water partition coefficient (Wildman–Crippen LogP) is 4.59.